The molecule has 0 aliphatic carbocycles. The van der Waals surface area contributed by atoms with Crippen molar-refractivity contribution in [3.8, 4) is 5.75 Å². The van der Waals surface area contributed by atoms with Crippen LogP contribution in [0.25, 0.3) is 0 Å². The first-order chi connectivity index (χ1) is 8.70. The van der Waals surface area contributed by atoms with Crippen molar-refractivity contribution in [1.29, 1.82) is 0 Å². The van der Waals surface area contributed by atoms with Gasteiger partial charge >= 0.3 is 0 Å². The van der Waals surface area contributed by atoms with Crippen LogP contribution in [-0.2, 0) is 13.2 Å². The minimum absolute atomic E-state index is 0.102. The van der Waals surface area contributed by atoms with Gasteiger partial charge in [0.2, 0.25) is 0 Å². The zero-order valence-electron chi connectivity index (χ0n) is 9.77. The number of anilines is 1. The predicted molar refractivity (Wildman–Crippen MR) is 67.5 cm³/mol. The van der Waals surface area contributed by atoms with Gasteiger partial charge in [-0.1, -0.05) is 18.2 Å². The minimum Gasteiger partial charge on any atom is -0.488 e. The predicted octanol–water partition coefficient (Wildman–Crippen LogP) is 2.48. The Morgan fingerprint density at radius 3 is 2.67 bits per heavy atom. The van der Waals surface area contributed by atoms with E-state index in [1.807, 2.05) is 12.1 Å². The number of ether oxygens (including phenoxy) is 1. The Bertz CT molecular complexity index is 543. The van der Waals surface area contributed by atoms with Crippen LogP contribution in [0.3, 0.4) is 0 Å². The summed E-state index contributed by atoms with van der Waals surface area (Å²) < 4.78 is 18.6. The summed E-state index contributed by atoms with van der Waals surface area (Å²) >= 11 is 0. The third-order valence-electron chi connectivity index (χ3n) is 2.63. The van der Waals surface area contributed by atoms with Crippen LogP contribution >= 0.6 is 0 Å². The van der Waals surface area contributed by atoms with Gasteiger partial charge in [0.05, 0.1) is 6.61 Å². The maximum Gasteiger partial charge on any atom is 0.125 e. The van der Waals surface area contributed by atoms with Gasteiger partial charge in [-0.05, 0) is 24.3 Å². The van der Waals surface area contributed by atoms with E-state index < -0.39 is 0 Å². The second-order valence-corrected chi connectivity index (χ2v) is 3.90. The van der Waals surface area contributed by atoms with E-state index >= 15 is 0 Å². The number of aliphatic hydroxyl groups excluding tert-OH is 1. The molecular weight excluding hydrogens is 233 g/mol. The van der Waals surface area contributed by atoms with E-state index in [0.717, 1.165) is 0 Å². The largest absolute Gasteiger partial charge is 0.488 e. The first kappa shape index (κ1) is 12.4. The van der Waals surface area contributed by atoms with Crippen molar-refractivity contribution < 1.29 is 14.2 Å². The molecule has 0 saturated heterocycles. The number of halogens is 1. The second-order valence-electron chi connectivity index (χ2n) is 3.90. The number of nitrogens with two attached hydrogens (primary N) is 1. The van der Waals surface area contributed by atoms with Crippen molar-refractivity contribution in [2.75, 3.05) is 5.73 Å². The standard InChI is InChI=1S/C14H14FNO2/c15-12-5-6-13(16)11(7-12)9-18-14-4-2-1-3-10(14)8-17/h1-7,17H,8-9,16H2. The average Bonchev–Trinajstić information content (AvgIpc) is 2.40. The van der Waals surface area contributed by atoms with Gasteiger partial charge in [0, 0.05) is 16.8 Å². The molecular formula is C14H14FNO2. The summed E-state index contributed by atoms with van der Waals surface area (Å²) in [6.45, 7) is 0.0649. The van der Waals surface area contributed by atoms with Crippen LogP contribution in [0.5, 0.6) is 5.75 Å². The SMILES string of the molecule is Nc1ccc(F)cc1COc1ccccc1CO. The summed E-state index contributed by atoms with van der Waals surface area (Å²) in [5.41, 5.74) is 7.49. The number of hydrogen-bond donors (Lipinski definition) is 2. The molecule has 0 saturated carbocycles. The molecule has 0 aromatic heterocycles. The number of hydrogen-bond acceptors (Lipinski definition) is 3. The highest BCUT2D eigenvalue weighted by molar-refractivity contribution is 5.46. The number of aliphatic hydroxyl groups is 1. The lowest BCUT2D eigenvalue weighted by Crippen LogP contribution is -2.02. The molecule has 0 radical (unpaired) electrons. The van der Waals surface area contributed by atoms with Gasteiger partial charge in [0.25, 0.3) is 0 Å². The van der Waals surface area contributed by atoms with E-state index in [1.165, 1.54) is 18.2 Å². The van der Waals surface area contributed by atoms with Crippen LogP contribution in [0.4, 0.5) is 10.1 Å². The molecule has 94 valence electrons. The molecule has 0 aliphatic rings. The molecule has 2 aromatic rings. The van der Waals surface area contributed by atoms with Crippen LogP contribution in [0, 0.1) is 5.82 Å². The maximum absolute atomic E-state index is 13.1. The summed E-state index contributed by atoms with van der Waals surface area (Å²) in [5.74, 6) is 0.224. The number of para-hydroxylation sites is 1. The Morgan fingerprint density at radius 2 is 1.89 bits per heavy atom. The van der Waals surface area contributed by atoms with Crippen LogP contribution in [-0.4, -0.2) is 5.11 Å². The molecule has 0 aliphatic heterocycles. The van der Waals surface area contributed by atoms with Crippen molar-refractivity contribution in [3.05, 3.63) is 59.4 Å². The van der Waals surface area contributed by atoms with Crippen LogP contribution in [0.2, 0.25) is 0 Å². The van der Waals surface area contributed by atoms with Crippen molar-refractivity contribution >= 4 is 5.69 Å². The highest BCUT2D eigenvalue weighted by Crippen LogP contribution is 2.21. The highest BCUT2D eigenvalue weighted by Gasteiger charge is 2.05. The van der Waals surface area contributed by atoms with Gasteiger partial charge in [-0.3, -0.25) is 0 Å². The summed E-state index contributed by atoms with van der Waals surface area (Å²) in [6, 6.07) is 11.3. The van der Waals surface area contributed by atoms with E-state index in [0.29, 0.717) is 22.6 Å². The van der Waals surface area contributed by atoms with Gasteiger partial charge in [-0.2, -0.15) is 0 Å². The first-order valence-electron chi connectivity index (χ1n) is 5.56. The Hall–Kier alpha value is -2.07. The van der Waals surface area contributed by atoms with Crippen molar-refractivity contribution in [2.24, 2.45) is 0 Å². The quantitative estimate of drug-likeness (QED) is 0.816. The summed E-state index contributed by atoms with van der Waals surface area (Å²) in [6.07, 6.45) is 0. The van der Waals surface area contributed by atoms with E-state index in [9.17, 15) is 4.39 Å². The summed E-state index contributed by atoms with van der Waals surface area (Å²) in [7, 11) is 0. The van der Waals surface area contributed by atoms with Gasteiger partial charge in [-0.25, -0.2) is 4.39 Å². The molecule has 0 atom stereocenters. The molecule has 4 heteroatoms. The van der Waals surface area contributed by atoms with Gasteiger partial charge in [0.1, 0.15) is 18.2 Å². The van der Waals surface area contributed by atoms with Gasteiger partial charge < -0.3 is 15.6 Å². The lowest BCUT2D eigenvalue weighted by atomic mass is 10.2. The fourth-order valence-corrected chi connectivity index (χ4v) is 1.63. The second kappa shape index (κ2) is 5.51. The zero-order chi connectivity index (χ0) is 13.0. The topological polar surface area (TPSA) is 55.5 Å². The maximum atomic E-state index is 13.1. The Labute approximate surface area is 105 Å². The van der Waals surface area contributed by atoms with E-state index in [-0.39, 0.29) is 19.0 Å². The number of nitrogen functional groups attached to an aromatic ring is 1. The first-order valence-corrected chi connectivity index (χ1v) is 5.56. The van der Waals surface area contributed by atoms with E-state index in [1.54, 1.807) is 12.1 Å². The minimum atomic E-state index is -0.349. The zero-order valence-corrected chi connectivity index (χ0v) is 9.77. The summed E-state index contributed by atoms with van der Waals surface area (Å²) in [4.78, 5) is 0. The third kappa shape index (κ3) is 2.78. The molecule has 0 fully saturated rings. The Morgan fingerprint density at radius 1 is 1.11 bits per heavy atom. The van der Waals surface area contributed by atoms with Gasteiger partial charge in [0.15, 0.2) is 0 Å². The molecule has 0 unspecified atom stereocenters. The van der Waals surface area contributed by atoms with Crippen molar-refractivity contribution in [3.63, 3.8) is 0 Å². The molecule has 3 nitrogen and oxygen atoms in total. The van der Waals surface area contributed by atoms with E-state index in [2.05, 4.69) is 0 Å². The molecule has 0 amide bonds. The molecule has 0 heterocycles. The molecule has 0 spiro atoms. The molecule has 2 rings (SSSR count). The molecule has 0 bridgehead atoms. The third-order valence-corrected chi connectivity index (χ3v) is 2.63. The van der Waals surface area contributed by atoms with Gasteiger partial charge in [-0.15, -0.1) is 0 Å². The van der Waals surface area contributed by atoms with Crippen LogP contribution in [0.1, 0.15) is 11.1 Å². The molecule has 18 heavy (non-hydrogen) atoms. The van der Waals surface area contributed by atoms with Crippen LogP contribution < -0.4 is 10.5 Å². The Balaban J connectivity index is 2.14. The fourth-order valence-electron chi connectivity index (χ4n) is 1.63. The number of rotatable bonds is 4. The fraction of sp³-hybridized carbons (Fsp3) is 0.143. The summed E-state index contributed by atoms with van der Waals surface area (Å²) in [5, 5.41) is 9.15. The lowest BCUT2D eigenvalue weighted by Gasteiger charge is -2.11. The highest BCUT2D eigenvalue weighted by atomic mass is 19.1. The molecule has 3 N–H and O–H groups in total. The number of benzene rings is 2. The average molecular weight is 247 g/mol. The van der Waals surface area contributed by atoms with E-state index in [4.69, 9.17) is 15.6 Å². The van der Waals surface area contributed by atoms with Crippen LogP contribution in [0.15, 0.2) is 42.5 Å². The van der Waals surface area contributed by atoms with Crippen molar-refractivity contribution in [2.45, 2.75) is 13.2 Å². The normalized spacial score (nSPS) is 10.3. The molecule has 2 aromatic carbocycles. The lowest BCUT2D eigenvalue weighted by molar-refractivity contribution is 0.259. The Kier molecular flexibility index (Phi) is 3.79. The monoisotopic (exact) mass is 247 g/mol. The van der Waals surface area contributed by atoms with Crippen molar-refractivity contribution in [1.82, 2.24) is 0 Å². The smallest absolute Gasteiger partial charge is 0.125 e.